The smallest absolute Gasteiger partial charge is 0.311 e. The molecule has 5 nitrogen and oxygen atoms in total. The van der Waals surface area contributed by atoms with Crippen molar-refractivity contribution < 1.29 is 19.1 Å². The molecule has 0 radical (unpaired) electrons. The lowest BCUT2D eigenvalue weighted by Crippen LogP contribution is -1.98. The molecule has 0 unspecified atom stereocenters. The van der Waals surface area contributed by atoms with E-state index in [1.807, 2.05) is 0 Å². The summed E-state index contributed by atoms with van der Waals surface area (Å²) in [5.74, 6) is 0.0489. The highest BCUT2D eigenvalue weighted by Crippen LogP contribution is 2.06. The third-order valence-electron chi connectivity index (χ3n) is 1.67. The molecule has 1 aromatic heterocycles. The zero-order chi connectivity index (χ0) is 10.4. The van der Waals surface area contributed by atoms with Crippen molar-refractivity contribution in [1.82, 2.24) is 4.98 Å². The molecule has 1 rings (SSSR count). The number of carboxylic acid groups (broad SMARTS) is 1. The number of carboxylic acids is 1. The first-order valence-corrected chi connectivity index (χ1v) is 4.36. The van der Waals surface area contributed by atoms with Crippen molar-refractivity contribution in [2.75, 3.05) is 13.7 Å². The fourth-order valence-electron chi connectivity index (χ4n) is 1.06. The lowest BCUT2D eigenvalue weighted by Gasteiger charge is -1.94. The van der Waals surface area contributed by atoms with Crippen LogP contribution >= 0.6 is 0 Å². The van der Waals surface area contributed by atoms with Crippen LogP contribution in [0, 0.1) is 0 Å². The third kappa shape index (κ3) is 3.57. The van der Waals surface area contributed by atoms with Crippen LogP contribution in [-0.2, 0) is 22.4 Å². The number of aromatic nitrogens is 1. The van der Waals surface area contributed by atoms with Gasteiger partial charge in [0.15, 0.2) is 5.89 Å². The van der Waals surface area contributed by atoms with Gasteiger partial charge in [0.2, 0.25) is 0 Å². The van der Waals surface area contributed by atoms with Crippen molar-refractivity contribution in [3.05, 3.63) is 17.8 Å². The number of carbonyl (C=O) groups is 1. The average molecular weight is 199 g/mol. The van der Waals surface area contributed by atoms with E-state index in [0.29, 0.717) is 24.7 Å². The van der Waals surface area contributed by atoms with E-state index in [-0.39, 0.29) is 6.42 Å². The second-order valence-corrected chi connectivity index (χ2v) is 2.89. The molecule has 78 valence electrons. The van der Waals surface area contributed by atoms with Gasteiger partial charge in [0.25, 0.3) is 0 Å². The minimum absolute atomic E-state index is 0.114. The Hall–Kier alpha value is -1.36. The van der Waals surface area contributed by atoms with Crippen LogP contribution in [0.2, 0.25) is 0 Å². The number of oxazole rings is 1. The first kappa shape index (κ1) is 10.7. The van der Waals surface area contributed by atoms with Gasteiger partial charge in [-0.3, -0.25) is 4.79 Å². The van der Waals surface area contributed by atoms with E-state index < -0.39 is 5.97 Å². The predicted molar refractivity (Wildman–Crippen MR) is 48.0 cm³/mol. The highest BCUT2D eigenvalue weighted by Gasteiger charge is 2.07. The summed E-state index contributed by atoms with van der Waals surface area (Å²) in [5.41, 5.74) is 0. The van der Waals surface area contributed by atoms with Gasteiger partial charge in [-0.1, -0.05) is 0 Å². The van der Waals surface area contributed by atoms with E-state index in [2.05, 4.69) is 4.98 Å². The molecule has 0 atom stereocenters. The van der Waals surface area contributed by atoms with Crippen molar-refractivity contribution in [1.29, 1.82) is 0 Å². The van der Waals surface area contributed by atoms with Crippen LogP contribution in [-0.4, -0.2) is 29.8 Å². The maximum atomic E-state index is 10.3. The molecule has 0 spiro atoms. The van der Waals surface area contributed by atoms with Crippen LogP contribution in [0.15, 0.2) is 10.6 Å². The van der Waals surface area contributed by atoms with Gasteiger partial charge in [0, 0.05) is 20.1 Å². The maximum Gasteiger partial charge on any atom is 0.311 e. The summed E-state index contributed by atoms with van der Waals surface area (Å²) in [6.07, 6.45) is 2.84. The quantitative estimate of drug-likeness (QED) is 0.688. The summed E-state index contributed by atoms with van der Waals surface area (Å²) in [6, 6.07) is 0. The summed E-state index contributed by atoms with van der Waals surface area (Å²) in [7, 11) is 1.63. The maximum absolute atomic E-state index is 10.3. The van der Waals surface area contributed by atoms with Gasteiger partial charge in [-0.15, -0.1) is 0 Å². The zero-order valence-electron chi connectivity index (χ0n) is 8.02. The number of methoxy groups -OCH3 is 1. The topological polar surface area (TPSA) is 72.6 Å². The first-order valence-electron chi connectivity index (χ1n) is 4.36. The standard InChI is InChI=1S/C9H13NO4/c1-13-4-2-3-8-10-6-7(14-8)5-9(11)12/h6H,2-5H2,1H3,(H,11,12). The second kappa shape index (κ2) is 5.39. The molecule has 0 saturated heterocycles. The van der Waals surface area contributed by atoms with E-state index in [1.165, 1.54) is 6.20 Å². The molecule has 1 N–H and O–H groups in total. The molecule has 0 aliphatic carbocycles. The van der Waals surface area contributed by atoms with Crippen LogP contribution in [0.5, 0.6) is 0 Å². The van der Waals surface area contributed by atoms with Gasteiger partial charge in [0.05, 0.1) is 6.20 Å². The Balaban J connectivity index is 2.38. The average Bonchev–Trinajstić information content (AvgIpc) is 2.52. The SMILES string of the molecule is COCCCc1ncc(CC(=O)O)o1. The Labute approximate surface area is 81.7 Å². The Bertz CT molecular complexity index is 295. The van der Waals surface area contributed by atoms with Crippen LogP contribution in [0.3, 0.4) is 0 Å². The largest absolute Gasteiger partial charge is 0.481 e. The highest BCUT2D eigenvalue weighted by atomic mass is 16.5. The van der Waals surface area contributed by atoms with Gasteiger partial charge in [0.1, 0.15) is 12.2 Å². The number of aryl methyl sites for hydroxylation is 1. The normalized spacial score (nSPS) is 10.4. The summed E-state index contributed by atoms with van der Waals surface area (Å²) in [6.45, 7) is 0.649. The molecule has 1 aromatic rings. The molecule has 5 heteroatoms. The van der Waals surface area contributed by atoms with Crippen molar-refractivity contribution in [2.24, 2.45) is 0 Å². The lowest BCUT2D eigenvalue weighted by molar-refractivity contribution is -0.136. The Morgan fingerprint density at radius 3 is 3.14 bits per heavy atom. The van der Waals surface area contributed by atoms with E-state index in [4.69, 9.17) is 14.3 Å². The minimum atomic E-state index is -0.912. The number of hydrogen-bond acceptors (Lipinski definition) is 4. The number of nitrogens with zero attached hydrogens (tertiary/aromatic N) is 1. The van der Waals surface area contributed by atoms with Gasteiger partial charge in [-0.25, -0.2) is 4.98 Å². The van der Waals surface area contributed by atoms with Crippen LogP contribution in [0.1, 0.15) is 18.1 Å². The lowest BCUT2D eigenvalue weighted by atomic mass is 10.3. The zero-order valence-corrected chi connectivity index (χ0v) is 8.02. The van der Waals surface area contributed by atoms with Crippen LogP contribution < -0.4 is 0 Å². The Morgan fingerprint density at radius 1 is 1.71 bits per heavy atom. The monoisotopic (exact) mass is 199 g/mol. The van der Waals surface area contributed by atoms with E-state index in [0.717, 1.165) is 6.42 Å². The molecule has 0 aliphatic rings. The van der Waals surface area contributed by atoms with E-state index in [9.17, 15) is 4.79 Å². The molecule has 0 aliphatic heterocycles. The molecular weight excluding hydrogens is 186 g/mol. The molecule has 0 bridgehead atoms. The second-order valence-electron chi connectivity index (χ2n) is 2.89. The first-order chi connectivity index (χ1) is 6.72. The minimum Gasteiger partial charge on any atom is -0.481 e. The van der Waals surface area contributed by atoms with Gasteiger partial charge >= 0.3 is 5.97 Å². The molecular formula is C9H13NO4. The molecule has 0 fully saturated rings. The summed E-state index contributed by atoms with van der Waals surface area (Å²) in [4.78, 5) is 14.3. The number of rotatable bonds is 6. The molecule has 14 heavy (non-hydrogen) atoms. The van der Waals surface area contributed by atoms with E-state index >= 15 is 0 Å². The van der Waals surface area contributed by atoms with Crippen molar-refractivity contribution in [3.8, 4) is 0 Å². The Morgan fingerprint density at radius 2 is 2.50 bits per heavy atom. The molecule has 1 heterocycles. The third-order valence-corrected chi connectivity index (χ3v) is 1.67. The Kier molecular flexibility index (Phi) is 4.12. The summed E-state index contributed by atoms with van der Waals surface area (Å²) < 4.78 is 10.1. The molecule has 0 saturated carbocycles. The van der Waals surface area contributed by atoms with Crippen molar-refractivity contribution in [3.63, 3.8) is 0 Å². The fourth-order valence-corrected chi connectivity index (χ4v) is 1.06. The van der Waals surface area contributed by atoms with Crippen LogP contribution in [0.25, 0.3) is 0 Å². The molecule has 0 amide bonds. The van der Waals surface area contributed by atoms with Crippen LogP contribution in [0.4, 0.5) is 0 Å². The fraction of sp³-hybridized carbons (Fsp3) is 0.556. The summed E-state index contributed by atoms with van der Waals surface area (Å²) >= 11 is 0. The molecule has 0 aromatic carbocycles. The van der Waals surface area contributed by atoms with Gasteiger partial charge in [-0.2, -0.15) is 0 Å². The number of aliphatic carboxylic acids is 1. The highest BCUT2D eigenvalue weighted by molar-refractivity contribution is 5.69. The van der Waals surface area contributed by atoms with Crippen molar-refractivity contribution >= 4 is 5.97 Å². The number of ether oxygens (including phenoxy) is 1. The van der Waals surface area contributed by atoms with E-state index in [1.54, 1.807) is 7.11 Å². The van der Waals surface area contributed by atoms with Gasteiger partial charge in [-0.05, 0) is 6.42 Å². The van der Waals surface area contributed by atoms with Crippen molar-refractivity contribution in [2.45, 2.75) is 19.3 Å². The summed E-state index contributed by atoms with van der Waals surface area (Å²) in [5, 5.41) is 8.48. The number of hydrogen-bond donors (Lipinski definition) is 1. The predicted octanol–water partition coefficient (Wildman–Crippen LogP) is 0.881. The van der Waals surface area contributed by atoms with Gasteiger partial charge < -0.3 is 14.3 Å².